The van der Waals surface area contributed by atoms with Crippen LogP contribution < -0.4 is 5.73 Å². The highest BCUT2D eigenvalue weighted by Gasteiger charge is 2.11. The quantitative estimate of drug-likeness (QED) is 0.820. The highest BCUT2D eigenvalue weighted by Crippen LogP contribution is 2.34. The van der Waals surface area contributed by atoms with E-state index in [4.69, 9.17) is 10.5 Å². The zero-order valence-corrected chi connectivity index (χ0v) is 11.3. The first-order chi connectivity index (χ1) is 6.77. The van der Waals surface area contributed by atoms with Gasteiger partial charge in [-0.15, -0.1) is 23.1 Å². The molecular weight excluding hydrogens is 282 g/mol. The molecule has 1 heterocycles. The summed E-state index contributed by atoms with van der Waals surface area (Å²) < 4.78 is 6.18. The van der Waals surface area contributed by atoms with E-state index in [-0.39, 0.29) is 0 Å². The number of methoxy groups -OCH3 is 1. The Morgan fingerprint density at radius 3 is 2.93 bits per heavy atom. The van der Waals surface area contributed by atoms with E-state index in [2.05, 4.69) is 28.1 Å². The first-order valence-corrected chi connectivity index (χ1v) is 6.99. The number of thiophene rings is 1. The van der Waals surface area contributed by atoms with E-state index in [9.17, 15) is 0 Å². The van der Waals surface area contributed by atoms with Gasteiger partial charge in [-0.3, -0.25) is 0 Å². The monoisotopic (exact) mass is 295 g/mol. The largest absolute Gasteiger partial charge is 0.384 e. The Morgan fingerprint density at radius 2 is 2.43 bits per heavy atom. The maximum atomic E-state index is 5.73. The summed E-state index contributed by atoms with van der Waals surface area (Å²) in [5.74, 6) is 0.994. The average Bonchev–Trinajstić information content (AvgIpc) is 2.60. The van der Waals surface area contributed by atoms with Crippen LogP contribution in [0.25, 0.3) is 0 Å². The van der Waals surface area contributed by atoms with E-state index >= 15 is 0 Å². The molecule has 1 rings (SSSR count). The van der Waals surface area contributed by atoms with Gasteiger partial charge in [0.25, 0.3) is 0 Å². The maximum Gasteiger partial charge on any atom is 0.0701 e. The normalized spacial score (nSPS) is 13.1. The first-order valence-electron chi connectivity index (χ1n) is 4.33. The smallest absolute Gasteiger partial charge is 0.0701 e. The van der Waals surface area contributed by atoms with Crippen molar-refractivity contribution in [3.63, 3.8) is 0 Å². The van der Waals surface area contributed by atoms with Crippen molar-refractivity contribution in [3.05, 3.63) is 20.8 Å². The van der Waals surface area contributed by atoms with Crippen molar-refractivity contribution in [3.8, 4) is 0 Å². The number of ether oxygens (including phenoxy) is 1. The molecule has 14 heavy (non-hydrogen) atoms. The van der Waals surface area contributed by atoms with Crippen molar-refractivity contribution >= 4 is 39.0 Å². The highest BCUT2D eigenvalue weighted by atomic mass is 79.9. The number of hydrogen-bond acceptors (Lipinski definition) is 4. The molecule has 1 aromatic rings. The molecular formula is C9H14BrNOS2. The fourth-order valence-corrected chi connectivity index (χ4v) is 3.73. The van der Waals surface area contributed by atoms with Gasteiger partial charge in [-0.25, -0.2) is 0 Å². The topological polar surface area (TPSA) is 35.2 Å². The molecule has 1 unspecified atom stereocenters. The van der Waals surface area contributed by atoms with Gasteiger partial charge in [-0.2, -0.15) is 0 Å². The molecule has 0 aromatic carbocycles. The van der Waals surface area contributed by atoms with Crippen LogP contribution in [0.2, 0.25) is 0 Å². The minimum atomic E-state index is 0.404. The Bertz CT molecular complexity index is 267. The summed E-state index contributed by atoms with van der Waals surface area (Å²) in [4.78, 5) is 1.33. The van der Waals surface area contributed by atoms with Crippen LogP contribution in [0.3, 0.4) is 0 Å². The molecule has 0 aliphatic carbocycles. The van der Waals surface area contributed by atoms with Crippen LogP contribution in [0.4, 0.5) is 0 Å². The van der Waals surface area contributed by atoms with Crippen LogP contribution in [0, 0.1) is 0 Å². The molecule has 80 valence electrons. The number of halogens is 1. The molecule has 2 N–H and O–H groups in total. The van der Waals surface area contributed by atoms with E-state index in [0.717, 1.165) is 12.4 Å². The third-order valence-electron chi connectivity index (χ3n) is 1.73. The molecule has 0 saturated carbocycles. The maximum absolute atomic E-state index is 5.73. The van der Waals surface area contributed by atoms with Crippen LogP contribution >= 0.6 is 39.0 Å². The summed E-state index contributed by atoms with van der Waals surface area (Å²) in [7, 11) is 1.72. The second-order valence-electron chi connectivity index (χ2n) is 2.73. The van der Waals surface area contributed by atoms with Crippen molar-refractivity contribution in [1.82, 2.24) is 0 Å². The molecule has 5 heteroatoms. The fourth-order valence-electron chi connectivity index (χ4n) is 1.04. The molecule has 0 spiro atoms. The van der Waals surface area contributed by atoms with Gasteiger partial charge in [0.15, 0.2) is 0 Å². The Kier molecular flexibility index (Phi) is 6.12. The van der Waals surface area contributed by atoms with E-state index in [1.165, 1.54) is 8.66 Å². The van der Waals surface area contributed by atoms with Gasteiger partial charge in [0, 0.05) is 24.3 Å². The average molecular weight is 296 g/mol. The van der Waals surface area contributed by atoms with E-state index in [0.29, 0.717) is 11.8 Å². The lowest BCUT2D eigenvalue weighted by Crippen LogP contribution is -2.09. The second-order valence-corrected chi connectivity index (χ2v) is 6.54. The van der Waals surface area contributed by atoms with Gasteiger partial charge in [0.05, 0.1) is 15.6 Å². The molecule has 0 aliphatic heterocycles. The van der Waals surface area contributed by atoms with E-state index in [1.807, 2.05) is 11.8 Å². The zero-order chi connectivity index (χ0) is 10.4. The van der Waals surface area contributed by atoms with Gasteiger partial charge in [0.2, 0.25) is 0 Å². The molecule has 0 radical (unpaired) electrons. The molecule has 1 aromatic heterocycles. The SMILES string of the molecule is COCCSC(CN)c1ccc(Br)s1. The number of thioether (sulfide) groups is 1. The molecule has 0 saturated heterocycles. The van der Waals surface area contributed by atoms with Crippen molar-refractivity contribution < 1.29 is 4.74 Å². The standard InChI is InChI=1S/C9H14BrNOS2/c1-12-4-5-13-8(6-11)7-2-3-9(10)14-7/h2-3,8H,4-6,11H2,1H3. The van der Waals surface area contributed by atoms with E-state index < -0.39 is 0 Å². The predicted molar refractivity (Wildman–Crippen MR) is 68.1 cm³/mol. The lowest BCUT2D eigenvalue weighted by Gasteiger charge is -2.11. The summed E-state index contributed by atoms with van der Waals surface area (Å²) in [6.07, 6.45) is 0. The molecule has 2 nitrogen and oxygen atoms in total. The third-order valence-corrected chi connectivity index (χ3v) is 4.87. The first kappa shape index (κ1) is 12.5. The van der Waals surface area contributed by atoms with Gasteiger partial charge < -0.3 is 10.5 Å². The van der Waals surface area contributed by atoms with Crippen LogP contribution in [-0.4, -0.2) is 26.0 Å². The van der Waals surface area contributed by atoms with Crippen molar-refractivity contribution in [2.75, 3.05) is 26.0 Å². The molecule has 0 fully saturated rings. The Balaban J connectivity index is 2.45. The second kappa shape index (κ2) is 6.85. The van der Waals surface area contributed by atoms with Crippen LogP contribution in [0.1, 0.15) is 10.1 Å². The van der Waals surface area contributed by atoms with Crippen LogP contribution in [-0.2, 0) is 4.74 Å². The van der Waals surface area contributed by atoms with Crippen LogP contribution in [0.15, 0.2) is 15.9 Å². The molecule has 0 aliphatic rings. The molecule has 0 bridgehead atoms. The van der Waals surface area contributed by atoms with Crippen molar-refractivity contribution in [2.24, 2.45) is 5.73 Å². The molecule has 1 atom stereocenters. The predicted octanol–water partition coefficient (Wildman–Crippen LogP) is 2.89. The van der Waals surface area contributed by atoms with Gasteiger partial charge in [-0.05, 0) is 28.1 Å². The third kappa shape index (κ3) is 3.90. The van der Waals surface area contributed by atoms with Crippen LogP contribution in [0.5, 0.6) is 0 Å². The minimum absolute atomic E-state index is 0.404. The Labute approximate surface area is 101 Å². The highest BCUT2D eigenvalue weighted by molar-refractivity contribution is 9.11. The Morgan fingerprint density at radius 1 is 1.64 bits per heavy atom. The fraction of sp³-hybridized carbons (Fsp3) is 0.556. The summed E-state index contributed by atoms with van der Waals surface area (Å²) in [5, 5.41) is 0.404. The zero-order valence-electron chi connectivity index (χ0n) is 8.03. The van der Waals surface area contributed by atoms with Crippen molar-refractivity contribution in [1.29, 1.82) is 0 Å². The lowest BCUT2D eigenvalue weighted by molar-refractivity contribution is 0.218. The van der Waals surface area contributed by atoms with Crippen molar-refractivity contribution in [2.45, 2.75) is 5.25 Å². The summed E-state index contributed by atoms with van der Waals surface area (Å²) in [6, 6.07) is 4.20. The Hall–Kier alpha value is 0.450. The lowest BCUT2D eigenvalue weighted by atomic mass is 10.3. The van der Waals surface area contributed by atoms with Gasteiger partial charge in [-0.1, -0.05) is 0 Å². The summed E-state index contributed by atoms with van der Waals surface area (Å²) in [6.45, 7) is 1.47. The number of nitrogens with two attached hydrogens (primary N) is 1. The van der Waals surface area contributed by atoms with Gasteiger partial charge >= 0.3 is 0 Å². The minimum Gasteiger partial charge on any atom is -0.384 e. The molecule has 0 amide bonds. The number of rotatable bonds is 6. The summed E-state index contributed by atoms with van der Waals surface area (Å²) >= 11 is 7.06. The van der Waals surface area contributed by atoms with Gasteiger partial charge in [0.1, 0.15) is 0 Å². The van der Waals surface area contributed by atoms with E-state index in [1.54, 1.807) is 18.4 Å². The summed E-state index contributed by atoms with van der Waals surface area (Å²) in [5.41, 5.74) is 5.73. The number of hydrogen-bond donors (Lipinski definition) is 1.